The lowest BCUT2D eigenvalue weighted by Gasteiger charge is -2.26. The summed E-state index contributed by atoms with van der Waals surface area (Å²) < 4.78 is 15.4. The summed E-state index contributed by atoms with van der Waals surface area (Å²) in [5.41, 5.74) is 4.24. The molecule has 0 aliphatic carbocycles. The fourth-order valence-electron chi connectivity index (χ4n) is 4.17. The van der Waals surface area contributed by atoms with Gasteiger partial charge in [0.1, 0.15) is 17.3 Å². The number of anilines is 1. The van der Waals surface area contributed by atoms with E-state index in [1.54, 1.807) is 28.9 Å². The molecule has 0 radical (unpaired) electrons. The van der Waals surface area contributed by atoms with Crippen molar-refractivity contribution in [3.05, 3.63) is 113 Å². The molecule has 7 heteroatoms. The van der Waals surface area contributed by atoms with Crippen molar-refractivity contribution in [2.45, 2.75) is 19.8 Å². The Morgan fingerprint density at radius 1 is 0.971 bits per heavy atom. The Morgan fingerprint density at radius 2 is 1.65 bits per heavy atom. The van der Waals surface area contributed by atoms with Gasteiger partial charge in [-0.2, -0.15) is 5.10 Å². The van der Waals surface area contributed by atoms with E-state index in [4.69, 9.17) is 0 Å². The smallest absolute Gasteiger partial charge is 0.277 e. The first-order chi connectivity index (χ1) is 16.4. The maximum absolute atomic E-state index is 13.7. The van der Waals surface area contributed by atoms with Crippen LogP contribution in [-0.2, 0) is 4.79 Å². The van der Waals surface area contributed by atoms with Crippen molar-refractivity contribution in [2.75, 3.05) is 5.32 Å². The zero-order valence-electron chi connectivity index (χ0n) is 18.6. The quantitative estimate of drug-likeness (QED) is 0.476. The van der Waals surface area contributed by atoms with Crippen molar-refractivity contribution >= 4 is 23.3 Å². The molecule has 0 spiro atoms. The number of aryl methyl sites for hydroxylation is 2. The molecule has 5 rings (SSSR count). The molecule has 1 N–H and O–H groups in total. The second-order valence-corrected chi connectivity index (χ2v) is 8.20. The van der Waals surface area contributed by atoms with E-state index in [-0.39, 0.29) is 5.71 Å². The molecule has 0 saturated carbocycles. The van der Waals surface area contributed by atoms with E-state index in [9.17, 15) is 14.0 Å². The number of rotatable bonds is 3. The fourth-order valence-corrected chi connectivity index (χ4v) is 4.17. The standard InChI is InChI=1S/C27H21FN4O2/c1-16-8-10-19(11-9-16)26(33)29-24-23(18-12-14-20(28)15-13-18)22-17(2)31-32(25(22)30-27(24)34)21-6-4-3-5-7-21/h3-15,23H,1-2H3,(H,30,34)/t23-/m0/s1. The highest BCUT2D eigenvalue weighted by Gasteiger charge is 2.38. The lowest BCUT2D eigenvalue weighted by atomic mass is 9.84. The number of aliphatic imine (C=N–C) groups is 1. The molecule has 2 amide bonds. The van der Waals surface area contributed by atoms with E-state index >= 15 is 0 Å². The Morgan fingerprint density at radius 3 is 2.32 bits per heavy atom. The average molecular weight is 452 g/mol. The molecule has 4 aromatic rings. The van der Waals surface area contributed by atoms with Crippen LogP contribution in [0.15, 0.2) is 83.9 Å². The van der Waals surface area contributed by atoms with E-state index in [0.29, 0.717) is 28.2 Å². The molecule has 0 unspecified atom stereocenters. The number of benzene rings is 3. The maximum Gasteiger partial charge on any atom is 0.277 e. The van der Waals surface area contributed by atoms with Gasteiger partial charge in [0.2, 0.25) is 0 Å². The molecular formula is C27H21FN4O2. The van der Waals surface area contributed by atoms with Crippen LogP contribution in [0.3, 0.4) is 0 Å². The molecule has 0 fully saturated rings. The van der Waals surface area contributed by atoms with E-state index in [1.165, 1.54) is 12.1 Å². The average Bonchev–Trinajstić information content (AvgIpc) is 3.17. The van der Waals surface area contributed by atoms with Gasteiger partial charge in [-0.05, 0) is 55.8 Å². The zero-order chi connectivity index (χ0) is 23.8. The van der Waals surface area contributed by atoms with Gasteiger partial charge in [-0.3, -0.25) is 9.59 Å². The van der Waals surface area contributed by atoms with Gasteiger partial charge in [-0.1, -0.05) is 48.0 Å². The largest absolute Gasteiger partial charge is 0.305 e. The van der Waals surface area contributed by atoms with Gasteiger partial charge in [0.15, 0.2) is 0 Å². The van der Waals surface area contributed by atoms with Crippen molar-refractivity contribution in [3.8, 4) is 5.69 Å². The third kappa shape index (κ3) is 3.81. The second kappa shape index (κ2) is 8.51. The summed E-state index contributed by atoms with van der Waals surface area (Å²) in [6, 6.07) is 22.3. The molecule has 2 heterocycles. The van der Waals surface area contributed by atoms with Crippen LogP contribution in [0.4, 0.5) is 10.2 Å². The monoisotopic (exact) mass is 452 g/mol. The number of carbonyl (C=O) groups excluding carboxylic acids is 2. The summed E-state index contributed by atoms with van der Waals surface area (Å²) in [5, 5.41) is 7.54. The number of fused-ring (bicyclic) bond motifs is 1. The summed E-state index contributed by atoms with van der Waals surface area (Å²) in [6.07, 6.45) is 0. The van der Waals surface area contributed by atoms with Crippen LogP contribution in [0.25, 0.3) is 5.69 Å². The zero-order valence-corrected chi connectivity index (χ0v) is 18.6. The molecule has 3 aromatic carbocycles. The molecule has 1 aliphatic rings. The van der Waals surface area contributed by atoms with Crippen LogP contribution in [0.1, 0.15) is 38.7 Å². The van der Waals surface area contributed by atoms with Crippen molar-refractivity contribution in [2.24, 2.45) is 4.99 Å². The highest BCUT2D eigenvalue weighted by molar-refractivity contribution is 6.48. The molecule has 34 heavy (non-hydrogen) atoms. The van der Waals surface area contributed by atoms with Crippen LogP contribution in [0.2, 0.25) is 0 Å². The first-order valence-corrected chi connectivity index (χ1v) is 10.8. The van der Waals surface area contributed by atoms with Crippen LogP contribution in [0.5, 0.6) is 0 Å². The van der Waals surface area contributed by atoms with Crippen LogP contribution >= 0.6 is 0 Å². The predicted octanol–water partition coefficient (Wildman–Crippen LogP) is 4.99. The summed E-state index contributed by atoms with van der Waals surface area (Å²) in [4.78, 5) is 30.5. The topological polar surface area (TPSA) is 76.3 Å². The fraction of sp³-hybridized carbons (Fsp3) is 0.111. The van der Waals surface area contributed by atoms with Gasteiger partial charge in [0, 0.05) is 11.1 Å². The Hall–Kier alpha value is -4.39. The summed E-state index contributed by atoms with van der Waals surface area (Å²) in [7, 11) is 0. The van der Waals surface area contributed by atoms with Crippen molar-refractivity contribution < 1.29 is 14.0 Å². The van der Waals surface area contributed by atoms with Gasteiger partial charge in [-0.25, -0.2) is 14.1 Å². The Balaban J connectivity index is 1.69. The van der Waals surface area contributed by atoms with Gasteiger partial charge in [0.05, 0.1) is 17.3 Å². The Bertz CT molecular complexity index is 1420. The number of carbonyl (C=O) groups is 2. The molecule has 1 aliphatic heterocycles. The lowest BCUT2D eigenvalue weighted by molar-refractivity contribution is -0.110. The van der Waals surface area contributed by atoms with Gasteiger partial charge in [0.25, 0.3) is 11.8 Å². The first kappa shape index (κ1) is 21.5. The maximum atomic E-state index is 13.7. The van der Waals surface area contributed by atoms with Crippen molar-refractivity contribution in [3.63, 3.8) is 0 Å². The number of halogens is 1. The number of para-hydroxylation sites is 1. The van der Waals surface area contributed by atoms with Gasteiger partial charge in [-0.15, -0.1) is 0 Å². The van der Waals surface area contributed by atoms with E-state index in [2.05, 4.69) is 15.4 Å². The SMILES string of the molecule is Cc1ccc(C(=O)N=C2C(=O)Nc3c(c(C)nn3-c3ccccc3)[C@@H]2c2ccc(F)cc2)cc1. The first-order valence-electron chi connectivity index (χ1n) is 10.8. The molecular weight excluding hydrogens is 431 g/mol. The van der Waals surface area contributed by atoms with Crippen LogP contribution in [-0.4, -0.2) is 27.3 Å². The lowest BCUT2D eigenvalue weighted by Crippen LogP contribution is -2.36. The summed E-state index contributed by atoms with van der Waals surface area (Å²) in [5.74, 6) is -1.59. The molecule has 1 atom stereocenters. The minimum atomic E-state index is -0.684. The van der Waals surface area contributed by atoms with Crippen LogP contribution in [0, 0.1) is 19.7 Å². The third-order valence-corrected chi connectivity index (χ3v) is 5.86. The highest BCUT2D eigenvalue weighted by atomic mass is 19.1. The summed E-state index contributed by atoms with van der Waals surface area (Å²) >= 11 is 0. The summed E-state index contributed by atoms with van der Waals surface area (Å²) in [6.45, 7) is 3.76. The van der Waals surface area contributed by atoms with Crippen molar-refractivity contribution in [1.82, 2.24) is 9.78 Å². The van der Waals surface area contributed by atoms with Crippen LogP contribution < -0.4 is 5.32 Å². The number of nitrogens with zero attached hydrogens (tertiary/aromatic N) is 3. The normalized spacial score (nSPS) is 16.3. The second-order valence-electron chi connectivity index (χ2n) is 8.20. The van der Waals surface area contributed by atoms with E-state index in [0.717, 1.165) is 11.3 Å². The van der Waals surface area contributed by atoms with Gasteiger partial charge >= 0.3 is 0 Å². The Kier molecular flexibility index (Phi) is 5.37. The molecule has 1 aromatic heterocycles. The predicted molar refractivity (Wildman–Crippen MR) is 128 cm³/mol. The Labute approximate surface area is 195 Å². The number of hydrogen-bond acceptors (Lipinski definition) is 3. The number of amides is 2. The molecule has 6 nitrogen and oxygen atoms in total. The minimum Gasteiger partial charge on any atom is -0.305 e. The third-order valence-electron chi connectivity index (χ3n) is 5.86. The van der Waals surface area contributed by atoms with Crippen molar-refractivity contribution in [1.29, 1.82) is 0 Å². The number of aromatic nitrogens is 2. The minimum absolute atomic E-state index is 0.0420. The van der Waals surface area contributed by atoms with E-state index < -0.39 is 23.5 Å². The number of hydrogen-bond donors (Lipinski definition) is 1. The van der Waals surface area contributed by atoms with E-state index in [1.807, 2.05) is 56.3 Å². The highest BCUT2D eigenvalue weighted by Crippen LogP contribution is 2.39. The molecule has 0 bridgehead atoms. The number of nitrogens with one attached hydrogen (secondary N) is 1. The molecule has 0 saturated heterocycles. The van der Waals surface area contributed by atoms with Gasteiger partial charge < -0.3 is 5.32 Å². The molecule has 168 valence electrons.